The van der Waals surface area contributed by atoms with Crippen molar-refractivity contribution in [3.63, 3.8) is 0 Å². The molecule has 7 heteroatoms. The molecule has 0 spiro atoms. The summed E-state index contributed by atoms with van der Waals surface area (Å²) in [5.41, 5.74) is 2.03. The molecule has 0 aliphatic heterocycles. The fourth-order valence-corrected chi connectivity index (χ4v) is 3.44. The lowest BCUT2D eigenvalue weighted by Crippen LogP contribution is -2.31. The van der Waals surface area contributed by atoms with Crippen LogP contribution in [0.15, 0.2) is 83.7 Å². The summed E-state index contributed by atoms with van der Waals surface area (Å²) < 4.78 is 4.71. The molecule has 0 bridgehead atoms. The Hall–Kier alpha value is -4.26. The van der Waals surface area contributed by atoms with Gasteiger partial charge in [0, 0.05) is 12.1 Å². The van der Waals surface area contributed by atoms with Crippen LogP contribution in [0.4, 0.5) is 0 Å². The Morgan fingerprint density at radius 3 is 2.25 bits per heavy atom. The summed E-state index contributed by atoms with van der Waals surface area (Å²) in [7, 11) is 1.31. The molecule has 1 heterocycles. The van der Waals surface area contributed by atoms with E-state index >= 15 is 0 Å². The first-order valence-corrected chi connectivity index (χ1v) is 10.0. The standard InChI is InChI=1S/C25H21N3O4/c1-32-25(31)19-13-11-18(12-14-19)24(30)28(15-17-7-3-2-4-8-17)16-22-26-21-10-6-5-9-20(21)23(29)27-22/h2-14H,15-16H2,1H3,(H,26,27,29). The Morgan fingerprint density at radius 1 is 0.875 bits per heavy atom. The van der Waals surface area contributed by atoms with Crippen molar-refractivity contribution in [3.05, 3.63) is 112 Å². The van der Waals surface area contributed by atoms with E-state index in [2.05, 4.69) is 9.97 Å². The SMILES string of the molecule is COC(=O)c1ccc(C(=O)N(Cc2ccccc2)Cc2nc3ccccc3c(=O)[nH]2)cc1. The fraction of sp³-hybridized carbons (Fsp3) is 0.120. The zero-order valence-corrected chi connectivity index (χ0v) is 17.4. The Balaban J connectivity index is 1.66. The Morgan fingerprint density at radius 2 is 1.53 bits per heavy atom. The summed E-state index contributed by atoms with van der Waals surface area (Å²) >= 11 is 0. The van der Waals surface area contributed by atoms with E-state index in [1.807, 2.05) is 36.4 Å². The molecule has 0 atom stereocenters. The van der Waals surface area contributed by atoms with Crippen LogP contribution in [0.25, 0.3) is 10.9 Å². The van der Waals surface area contributed by atoms with E-state index in [0.717, 1.165) is 5.56 Å². The molecule has 1 aromatic heterocycles. The van der Waals surface area contributed by atoms with E-state index < -0.39 is 5.97 Å². The van der Waals surface area contributed by atoms with E-state index in [0.29, 0.717) is 34.4 Å². The normalized spacial score (nSPS) is 10.7. The second kappa shape index (κ2) is 9.26. The number of ether oxygens (including phenoxy) is 1. The molecule has 4 rings (SSSR count). The number of methoxy groups -OCH3 is 1. The van der Waals surface area contributed by atoms with Gasteiger partial charge in [0.1, 0.15) is 5.82 Å². The zero-order valence-electron chi connectivity index (χ0n) is 17.4. The van der Waals surface area contributed by atoms with Gasteiger partial charge in [-0.1, -0.05) is 42.5 Å². The number of aromatic amines is 1. The van der Waals surface area contributed by atoms with Crippen LogP contribution in [0.3, 0.4) is 0 Å². The van der Waals surface area contributed by atoms with Crippen molar-refractivity contribution < 1.29 is 14.3 Å². The summed E-state index contributed by atoms with van der Waals surface area (Å²) in [4.78, 5) is 46.4. The van der Waals surface area contributed by atoms with Crippen molar-refractivity contribution in [3.8, 4) is 0 Å². The summed E-state index contributed by atoms with van der Waals surface area (Å²) in [6.07, 6.45) is 0. The number of aromatic nitrogens is 2. The number of nitrogens with one attached hydrogen (secondary N) is 1. The van der Waals surface area contributed by atoms with Crippen molar-refractivity contribution in [1.29, 1.82) is 0 Å². The van der Waals surface area contributed by atoms with Gasteiger partial charge in [-0.3, -0.25) is 9.59 Å². The number of fused-ring (bicyclic) bond motifs is 1. The smallest absolute Gasteiger partial charge is 0.337 e. The first-order chi connectivity index (χ1) is 15.5. The molecule has 32 heavy (non-hydrogen) atoms. The Bertz CT molecular complexity index is 1310. The van der Waals surface area contributed by atoms with Gasteiger partial charge in [-0.05, 0) is 42.0 Å². The number of amides is 1. The lowest BCUT2D eigenvalue weighted by Gasteiger charge is -2.23. The van der Waals surface area contributed by atoms with Crippen LogP contribution in [0.2, 0.25) is 0 Å². The highest BCUT2D eigenvalue weighted by Gasteiger charge is 2.19. The number of H-pyrrole nitrogens is 1. The van der Waals surface area contributed by atoms with Crippen LogP contribution < -0.4 is 5.56 Å². The Kier molecular flexibility index (Phi) is 6.07. The van der Waals surface area contributed by atoms with Crippen LogP contribution in [0.5, 0.6) is 0 Å². The second-order valence-corrected chi connectivity index (χ2v) is 7.25. The first kappa shape index (κ1) is 21.0. The predicted molar refractivity (Wildman–Crippen MR) is 120 cm³/mol. The van der Waals surface area contributed by atoms with Crippen molar-refractivity contribution in [2.24, 2.45) is 0 Å². The summed E-state index contributed by atoms with van der Waals surface area (Å²) in [6.45, 7) is 0.446. The van der Waals surface area contributed by atoms with Crippen LogP contribution in [-0.4, -0.2) is 33.9 Å². The third-order valence-electron chi connectivity index (χ3n) is 5.06. The maximum atomic E-state index is 13.3. The van der Waals surface area contributed by atoms with Gasteiger partial charge in [0.05, 0.1) is 30.1 Å². The summed E-state index contributed by atoms with van der Waals surface area (Å²) in [5.74, 6) is -0.326. The third kappa shape index (κ3) is 4.57. The minimum Gasteiger partial charge on any atom is -0.465 e. The number of hydrogen-bond acceptors (Lipinski definition) is 5. The number of esters is 1. The van der Waals surface area contributed by atoms with E-state index in [-0.39, 0.29) is 18.0 Å². The number of hydrogen-bond donors (Lipinski definition) is 1. The number of para-hydroxylation sites is 1. The number of rotatable bonds is 6. The van der Waals surface area contributed by atoms with Gasteiger partial charge in [0.2, 0.25) is 0 Å². The summed E-state index contributed by atoms with van der Waals surface area (Å²) in [6, 6.07) is 22.9. The number of carbonyl (C=O) groups is 2. The van der Waals surface area contributed by atoms with Gasteiger partial charge < -0.3 is 14.6 Å². The second-order valence-electron chi connectivity index (χ2n) is 7.25. The van der Waals surface area contributed by atoms with Crippen LogP contribution in [0.1, 0.15) is 32.1 Å². The summed E-state index contributed by atoms with van der Waals surface area (Å²) in [5, 5.41) is 0.496. The molecule has 0 saturated carbocycles. The van der Waals surface area contributed by atoms with Gasteiger partial charge in [-0.15, -0.1) is 0 Å². The topological polar surface area (TPSA) is 92.4 Å². The fourth-order valence-electron chi connectivity index (χ4n) is 3.44. The van der Waals surface area contributed by atoms with Gasteiger partial charge in [-0.25, -0.2) is 9.78 Å². The maximum Gasteiger partial charge on any atom is 0.337 e. The molecule has 0 unspecified atom stereocenters. The lowest BCUT2D eigenvalue weighted by atomic mass is 10.1. The lowest BCUT2D eigenvalue weighted by molar-refractivity contribution is 0.0599. The van der Waals surface area contributed by atoms with Crippen LogP contribution in [-0.2, 0) is 17.8 Å². The van der Waals surface area contributed by atoms with E-state index in [4.69, 9.17) is 4.74 Å². The largest absolute Gasteiger partial charge is 0.465 e. The molecule has 0 fully saturated rings. The molecule has 0 aliphatic rings. The number of carbonyl (C=O) groups excluding carboxylic acids is 2. The van der Waals surface area contributed by atoms with Crippen molar-refractivity contribution >= 4 is 22.8 Å². The molecule has 0 saturated heterocycles. The van der Waals surface area contributed by atoms with Crippen LogP contribution >= 0.6 is 0 Å². The van der Waals surface area contributed by atoms with E-state index in [9.17, 15) is 14.4 Å². The Labute approximate surface area is 184 Å². The quantitative estimate of drug-likeness (QED) is 0.475. The molecule has 7 nitrogen and oxygen atoms in total. The van der Waals surface area contributed by atoms with Crippen molar-refractivity contribution in [2.45, 2.75) is 13.1 Å². The van der Waals surface area contributed by atoms with Gasteiger partial charge in [0.25, 0.3) is 11.5 Å². The minimum atomic E-state index is -0.469. The van der Waals surface area contributed by atoms with Gasteiger partial charge in [-0.2, -0.15) is 0 Å². The third-order valence-corrected chi connectivity index (χ3v) is 5.06. The first-order valence-electron chi connectivity index (χ1n) is 10.0. The van der Waals surface area contributed by atoms with E-state index in [1.165, 1.54) is 7.11 Å². The number of nitrogens with zero attached hydrogens (tertiary/aromatic N) is 2. The molecule has 0 radical (unpaired) electrons. The van der Waals surface area contributed by atoms with Gasteiger partial charge >= 0.3 is 5.97 Å². The molecule has 3 aromatic carbocycles. The molecule has 160 valence electrons. The highest BCUT2D eigenvalue weighted by Crippen LogP contribution is 2.15. The highest BCUT2D eigenvalue weighted by molar-refractivity contribution is 5.96. The molecular weight excluding hydrogens is 406 g/mol. The maximum absolute atomic E-state index is 13.3. The average molecular weight is 427 g/mol. The minimum absolute atomic E-state index is 0.118. The molecule has 0 aliphatic carbocycles. The molecule has 1 amide bonds. The van der Waals surface area contributed by atoms with Crippen molar-refractivity contribution in [2.75, 3.05) is 7.11 Å². The number of benzene rings is 3. The zero-order chi connectivity index (χ0) is 22.5. The predicted octanol–water partition coefficient (Wildman–Crippen LogP) is 3.55. The van der Waals surface area contributed by atoms with Crippen LogP contribution in [0, 0.1) is 0 Å². The van der Waals surface area contributed by atoms with E-state index in [1.54, 1.807) is 47.4 Å². The molecule has 1 N–H and O–H groups in total. The monoisotopic (exact) mass is 427 g/mol. The average Bonchev–Trinajstić information content (AvgIpc) is 2.83. The molecule has 4 aromatic rings. The van der Waals surface area contributed by atoms with Crippen molar-refractivity contribution in [1.82, 2.24) is 14.9 Å². The molecular formula is C25H21N3O4. The van der Waals surface area contributed by atoms with Gasteiger partial charge in [0.15, 0.2) is 0 Å². The highest BCUT2D eigenvalue weighted by atomic mass is 16.5.